The number of carbonyl (C=O) groups excluding carboxylic acids is 3. The molecule has 1 aliphatic carbocycles. The zero-order chi connectivity index (χ0) is 27.2. The molecule has 0 aromatic heterocycles. The van der Waals surface area contributed by atoms with Gasteiger partial charge in [0.1, 0.15) is 5.78 Å². The van der Waals surface area contributed by atoms with Gasteiger partial charge in [0.2, 0.25) is 11.8 Å². The van der Waals surface area contributed by atoms with Crippen molar-refractivity contribution in [3.8, 4) is 0 Å². The molecular weight excluding hydrogens is 436 g/mol. The first kappa shape index (κ1) is 31.6. The van der Waals surface area contributed by atoms with Gasteiger partial charge in [-0.3, -0.25) is 14.4 Å². The number of rotatable bonds is 4. The second kappa shape index (κ2) is 12.7. The second-order valence-electron chi connectivity index (χ2n) is 15.1. The maximum atomic E-state index is 11.6. The van der Waals surface area contributed by atoms with Gasteiger partial charge < -0.3 is 9.80 Å². The molecule has 3 aliphatic rings. The van der Waals surface area contributed by atoms with Crippen LogP contribution in [0.4, 0.5) is 0 Å². The number of carbonyl (C=O) groups is 3. The first-order valence-electron chi connectivity index (χ1n) is 13.8. The van der Waals surface area contributed by atoms with Crippen LogP contribution >= 0.6 is 0 Å². The van der Waals surface area contributed by atoms with Crippen molar-refractivity contribution in [1.29, 1.82) is 0 Å². The minimum Gasteiger partial charge on any atom is -0.343 e. The minimum atomic E-state index is 0.135. The van der Waals surface area contributed by atoms with Gasteiger partial charge in [-0.05, 0) is 47.3 Å². The largest absolute Gasteiger partial charge is 0.343 e. The molecule has 3 fully saturated rings. The second-order valence-corrected chi connectivity index (χ2v) is 15.1. The molecule has 2 saturated heterocycles. The molecule has 3 rings (SSSR count). The van der Waals surface area contributed by atoms with Crippen molar-refractivity contribution in [2.24, 2.45) is 34.0 Å². The van der Waals surface area contributed by atoms with Crippen molar-refractivity contribution < 1.29 is 14.4 Å². The van der Waals surface area contributed by atoms with Gasteiger partial charge in [-0.1, -0.05) is 76.2 Å². The summed E-state index contributed by atoms with van der Waals surface area (Å²) in [4.78, 5) is 38.4. The molecule has 35 heavy (non-hydrogen) atoms. The molecule has 0 spiro atoms. The predicted molar refractivity (Wildman–Crippen MR) is 146 cm³/mol. The van der Waals surface area contributed by atoms with E-state index in [0.717, 1.165) is 51.4 Å². The molecule has 2 amide bonds. The first-order valence-corrected chi connectivity index (χ1v) is 13.8. The molecule has 2 heterocycles. The van der Waals surface area contributed by atoms with Crippen molar-refractivity contribution in [1.82, 2.24) is 9.80 Å². The van der Waals surface area contributed by atoms with Crippen molar-refractivity contribution in [3.05, 3.63) is 0 Å². The summed E-state index contributed by atoms with van der Waals surface area (Å²) in [5, 5.41) is 0. The lowest BCUT2D eigenvalue weighted by Crippen LogP contribution is -2.49. The van der Waals surface area contributed by atoms with E-state index in [2.05, 4.69) is 76.2 Å². The standard InChI is InChI=1S/C11H20O.C10H19NO.C9H17NO/c1-8-5-9(6-8)10(12)7-11(2,3)4;1-8-6-11(7-8)9(12)5-10(2,3)4;1-9(2,3)7-8(11)10-5-4-6-10/h8-9H,5-7H2,1-4H3;8H,5-7H2,1-4H3;4-7H2,1-3H3. The number of ketones is 1. The highest BCUT2D eigenvalue weighted by Crippen LogP contribution is 2.36. The molecule has 0 unspecified atom stereocenters. The van der Waals surface area contributed by atoms with E-state index in [9.17, 15) is 14.4 Å². The number of hydrogen-bond donors (Lipinski definition) is 0. The Balaban J connectivity index is 0.000000263. The number of hydrogen-bond acceptors (Lipinski definition) is 3. The van der Waals surface area contributed by atoms with E-state index < -0.39 is 0 Å². The molecule has 0 aromatic rings. The summed E-state index contributed by atoms with van der Waals surface area (Å²) in [6, 6.07) is 0. The monoisotopic (exact) mass is 492 g/mol. The van der Waals surface area contributed by atoms with Gasteiger partial charge in [-0.25, -0.2) is 0 Å². The Hall–Kier alpha value is -1.39. The zero-order valence-electron chi connectivity index (χ0n) is 24.9. The predicted octanol–water partition coefficient (Wildman–Crippen LogP) is 6.59. The zero-order valence-corrected chi connectivity index (χ0v) is 24.9. The molecule has 0 aromatic carbocycles. The molecule has 204 valence electrons. The Kier molecular flexibility index (Phi) is 11.5. The van der Waals surface area contributed by atoms with E-state index in [0.29, 0.717) is 42.3 Å². The summed E-state index contributed by atoms with van der Waals surface area (Å²) >= 11 is 0. The van der Waals surface area contributed by atoms with Crippen LogP contribution in [0.1, 0.15) is 115 Å². The van der Waals surface area contributed by atoms with Gasteiger partial charge in [0.05, 0.1) is 0 Å². The van der Waals surface area contributed by atoms with Crippen molar-refractivity contribution >= 4 is 17.6 Å². The average Bonchev–Trinajstić information content (AvgIpc) is 2.50. The Morgan fingerprint density at radius 3 is 1.31 bits per heavy atom. The van der Waals surface area contributed by atoms with Crippen LogP contribution in [0.15, 0.2) is 0 Å². The Bertz CT molecular complexity index is 651. The molecule has 5 nitrogen and oxygen atoms in total. The van der Waals surface area contributed by atoms with Crippen molar-refractivity contribution in [2.75, 3.05) is 26.2 Å². The molecule has 1 saturated carbocycles. The summed E-state index contributed by atoms with van der Waals surface area (Å²) < 4.78 is 0. The maximum absolute atomic E-state index is 11.6. The number of nitrogens with zero attached hydrogens (tertiary/aromatic N) is 2. The number of amides is 2. The highest BCUT2D eigenvalue weighted by atomic mass is 16.2. The first-order chi connectivity index (χ1) is 15.8. The minimum absolute atomic E-state index is 0.135. The van der Waals surface area contributed by atoms with E-state index >= 15 is 0 Å². The lowest BCUT2D eigenvalue weighted by Gasteiger charge is -2.38. The highest BCUT2D eigenvalue weighted by molar-refractivity contribution is 5.82. The van der Waals surface area contributed by atoms with E-state index in [-0.39, 0.29) is 16.2 Å². The maximum Gasteiger partial charge on any atom is 0.223 e. The van der Waals surface area contributed by atoms with E-state index in [1.165, 1.54) is 6.42 Å². The Morgan fingerprint density at radius 2 is 1.03 bits per heavy atom. The third-order valence-corrected chi connectivity index (χ3v) is 6.52. The van der Waals surface area contributed by atoms with Crippen molar-refractivity contribution in [2.45, 2.75) is 115 Å². The summed E-state index contributed by atoms with van der Waals surface area (Å²) in [7, 11) is 0. The average molecular weight is 493 g/mol. The molecule has 0 atom stereocenters. The molecule has 0 N–H and O–H groups in total. The topological polar surface area (TPSA) is 57.7 Å². The van der Waals surface area contributed by atoms with E-state index in [4.69, 9.17) is 0 Å². The van der Waals surface area contributed by atoms with Crippen LogP contribution in [0.25, 0.3) is 0 Å². The van der Waals surface area contributed by atoms with Gasteiger partial charge in [-0.2, -0.15) is 0 Å². The van der Waals surface area contributed by atoms with Crippen molar-refractivity contribution in [3.63, 3.8) is 0 Å². The van der Waals surface area contributed by atoms with Gasteiger partial charge in [0, 0.05) is 51.4 Å². The van der Waals surface area contributed by atoms with Crippen LogP contribution in [0.5, 0.6) is 0 Å². The fourth-order valence-electron chi connectivity index (χ4n) is 4.43. The molecular formula is C30H56N2O3. The van der Waals surface area contributed by atoms with E-state index in [1.54, 1.807) is 0 Å². The molecule has 2 aliphatic heterocycles. The molecule has 0 radical (unpaired) electrons. The van der Waals surface area contributed by atoms with Crippen LogP contribution in [-0.4, -0.2) is 53.6 Å². The van der Waals surface area contributed by atoms with Gasteiger partial charge in [0.25, 0.3) is 0 Å². The van der Waals surface area contributed by atoms with Gasteiger partial charge >= 0.3 is 0 Å². The number of likely N-dealkylation sites (tertiary alicyclic amines) is 2. The summed E-state index contributed by atoms with van der Waals surface area (Å²) in [6.07, 6.45) is 5.58. The lowest BCUT2D eigenvalue weighted by atomic mass is 9.71. The van der Waals surface area contributed by atoms with Crippen LogP contribution < -0.4 is 0 Å². The van der Waals surface area contributed by atoms with E-state index in [1.807, 2.05) is 9.80 Å². The third-order valence-electron chi connectivity index (χ3n) is 6.52. The normalized spacial score (nSPS) is 22.4. The number of Topliss-reactive ketones (excluding diaryl/α,β-unsaturated/α-hetero) is 1. The van der Waals surface area contributed by atoms with Crippen LogP contribution in [-0.2, 0) is 14.4 Å². The van der Waals surface area contributed by atoms with Crippen LogP contribution in [0, 0.1) is 34.0 Å². The smallest absolute Gasteiger partial charge is 0.223 e. The summed E-state index contributed by atoms with van der Waals surface area (Å²) in [6.45, 7) is 27.3. The molecule has 5 heteroatoms. The quantitative estimate of drug-likeness (QED) is 0.444. The molecule has 0 bridgehead atoms. The van der Waals surface area contributed by atoms with Crippen LogP contribution in [0.2, 0.25) is 0 Å². The summed E-state index contributed by atoms with van der Waals surface area (Å²) in [5.74, 6) is 3.04. The van der Waals surface area contributed by atoms with Crippen LogP contribution in [0.3, 0.4) is 0 Å². The SMILES string of the molecule is CC(C)(C)CC(=O)N1CCC1.CC1CC(C(=O)CC(C)(C)C)C1.CC1CN(C(=O)CC(C)(C)C)C1. The highest BCUT2D eigenvalue weighted by Gasteiger charge is 2.33. The Labute approximate surface area is 216 Å². The fourth-order valence-corrected chi connectivity index (χ4v) is 4.43. The lowest BCUT2D eigenvalue weighted by molar-refractivity contribution is -0.139. The van der Waals surface area contributed by atoms with Gasteiger partial charge in [-0.15, -0.1) is 0 Å². The summed E-state index contributed by atoms with van der Waals surface area (Å²) in [5.41, 5.74) is 0.457. The Morgan fingerprint density at radius 1 is 0.629 bits per heavy atom. The fraction of sp³-hybridized carbons (Fsp3) is 0.900. The third kappa shape index (κ3) is 13.5. The van der Waals surface area contributed by atoms with Gasteiger partial charge in [0.15, 0.2) is 0 Å².